The molecule has 202 valence electrons. The van der Waals surface area contributed by atoms with Crippen LogP contribution in [0.2, 0.25) is 0 Å². The molecule has 0 bridgehead atoms. The Hall–Kier alpha value is -3.87. The number of anilines is 2. The Balaban J connectivity index is 1.57. The van der Waals surface area contributed by atoms with Crippen LogP contribution in [0, 0.1) is 5.82 Å². The highest BCUT2D eigenvalue weighted by atomic mass is 19.1. The Labute approximate surface area is 225 Å². The van der Waals surface area contributed by atoms with Crippen LogP contribution in [0.4, 0.5) is 20.6 Å². The minimum Gasteiger partial charge on any atom is -0.457 e. The average Bonchev–Trinajstić information content (AvgIpc) is 2.93. The number of rotatable bonds is 15. The maximum absolute atomic E-state index is 14.2. The molecule has 0 spiro atoms. The molecule has 0 atom stereocenters. The topological polar surface area (TPSA) is 70.7 Å². The highest BCUT2D eigenvalue weighted by molar-refractivity contribution is 6.01. The minimum absolute atomic E-state index is 0.0281. The monoisotopic (exact) mass is 519 g/mol. The van der Waals surface area contributed by atoms with Gasteiger partial charge in [0.15, 0.2) is 0 Å². The van der Waals surface area contributed by atoms with E-state index in [1.54, 1.807) is 36.4 Å². The second kappa shape index (κ2) is 16.1. The maximum atomic E-state index is 14.2. The lowest BCUT2D eigenvalue weighted by atomic mass is 10.1. The summed E-state index contributed by atoms with van der Waals surface area (Å²) in [5.74, 6) is 0.783. The van der Waals surface area contributed by atoms with Crippen molar-refractivity contribution in [1.82, 2.24) is 5.32 Å². The Kier molecular flexibility index (Phi) is 12.1. The van der Waals surface area contributed by atoms with Crippen molar-refractivity contribution in [2.75, 3.05) is 23.3 Å². The van der Waals surface area contributed by atoms with E-state index < -0.39 is 11.8 Å². The van der Waals surface area contributed by atoms with Crippen molar-refractivity contribution in [3.8, 4) is 11.5 Å². The molecule has 3 rings (SSSR count). The Morgan fingerprint density at radius 2 is 1.42 bits per heavy atom. The van der Waals surface area contributed by atoms with Crippen LogP contribution in [0.1, 0.15) is 58.3 Å². The maximum Gasteiger partial charge on any atom is 0.326 e. The summed E-state index contributed by atoms with van der Waals surface area (Å²) in [5.41, 5.74) is 0.690. The van der Waals surface area contributed by atoms with Gasteiger partial charge in [0.25, 0.3) is 0 Å². The highest BCUT2D eigenvalue weighted by Gasteiger charge is 2.18. The van der Waals surface area contributed by atoms with Crippen molar-refractivity contribution >= 4 is 23.3 Å². The van der Waals surface area contributed by atoms with Crippen LogP contribution in [0.15, 0.2) is 78.9 Å². The molecule has 3 amide bonds. The summed E-state index contributed by atoms with van der Waals surface area (Å²) >= 11 is 0. The van der Waals surface area contributed by atoms with Crippen LogP contribution in [-0.2, 0) is 4.79 Å². The third-order valence-electron chi connectivity index (χ3n) is 6.15. The number of halogens is 1. The van der Waals surface area contributed by atoms with Gasteiger partial charge in [-0.05, 0) is 55.0 Å². The largest absolute Gasteiger partial charge is 0.457 e. The van der Waals surface area contributed by atoms with Gasteiger partial charge in [-0.25, -0.2) is 9.18 Å². The summed E-state index contributed by atoms with van der Waals surface area (Å²) in [4.78, 5) is 26.9. The van der Waals surface area contributed by atoms with E-state index in [9.17, 15) is 14.0 Å². The van der Waals surface area contributed by atoms with E-state index in [1.807, 2.05) is 30.3 Å². The van der Waals surface area contributed by atoms with Gasteiger partial charge in [0.1, 0.15) is 17.3 Å². The lowest BCUT2D eigenvalue weighted by Gasteiger charge is -2.24. The summed E-state index contributed by atoms with van der Waals surface area (Å²) in [5, 5.41) is 5.54. The number of ether oxygens (including phenoxy) is 1. The number of nitrogens with one attached hydrogen (secondary N) is 2. The molecule has 2 N–H and O–H groups in total. The smallest absolute Gasteiger partial charge is 0.326 e. The van der Waals surface area contributed by atoms with Crippen molar-refractivity contribution < 1.29 is 18.7 Å². The molecule has 0 radical (unpaired) electrons. The number of para-hydroxylation sites is 2. The zero-order valence-corrected chi connectivity index (χ0v) is 22.1. The van der Waals surface area contributed by atoms with E-state index in [0.29, 0.717) is 23.6 Å². The molecule has 0 aromatic heterocycles. The third-order valence-corrected chi connectivity index (χ3v) is 6.15. The van der Waals surface area contributed by atoms with Crippen molar-refractivity contribution in [3.05, 3.63) is 84.7 Å². The lowest BCUT2D eigenvalue weighted by Crippen LogP contribution is -2.41. The van der Waals surface area contributed by atoms with Crippen LogP contribution < -0.4 is 20.3 Å². The van der Waals surface area contributed by atoms with E-state index in [4.69, 9.17) is 4.74 Å². The fourth-order valence-corrected chi connectivity index (χ4v) is 4.05. The Bertz CT molecular complexity index is 1120. The number of hydrogen-bond acceptors (Lipinski definition) is 3. The number of carbonyl (C=O) groups excluding carboxylic acids is 2. The van der Waals surface area contributed by atoms with Gasteiger partial charge in [-0.3, -0.25) is 9.69 Å². The van der Waals surface area contributed by atoms with E-state index in [2.05, 4.69) is 17.6 Å². The first-order valence-corrected chi connectivity index (χ1v) is 13.5. The molecule has 0 aliphatic carbocycles. The van der Waals surface area contributed by atoms with Gasteiger partial charge in [-0.2, -0.15) is 0 Å². The van der Waals surface area contributed by atoms with Crippen molar-refractivity contribution in [1.29, 1.82) is 0 Å². The summed E-state index contributed by atoms with van der Waals surface area (Å²) in [6.07, 6.45) is 8.50. The number of unbranched alkanes of at least 4 members (excludes halogenated alkanes) is 6. The van der Waals surface area contributed by atoms with Gasteiger partial charge in [0.05, 0.1) is 5.69 Å². The number of benzene rings is 3. The summed E-state index contributed by atoms with van der Waals surface area (Å²) in [7, 11) is 0. The van der Waals surface area contributed by atoms with Gasteiger partial charge in [0, 0.05) is 25.2 Å². The number of hydrogen-bond donors (Lipinski definition) is 2. The van der Waals surface area contributed by atoms with Gasteiger partial charge in [-0.1, -0.05) is 75.8 Å². The first kappa shape index (κ1) is 28.7. The molecular weight excluding hydrogens is 481 g/mol. The van der Waals surface area contributed by atoms with Crippen molar-refractivity contribution in [2.45, 2.75) is 58.3 Å². The van der Waals surface area contributed by atoms with E-state index in [-0.39, 0.29) is 24.7 Å². The standard InChI is InChI=1S/C31H38FN3O3/c1-2-3-4-5-6-7-11-18-30(36)33-23-24-35(31(37)34-29-17-13-12-16-28(29)32)25-19-21-27(22-20-25)38-26-14-9-8-10-15-26/h8-10,12-17,19-22H,2-7,11,18,23-24H2,1H3,(H,33,36)(H,34,37). The molecule has 0 aliphatic rings. The van der Waals surface area contributed by atoms with Gasteiger partial charge in [0.2, 0.25) is 5.91 Å². The molecule has 3 aromatic rings. The van der Waals surface area contributed by atoms with Crippen LogP contribution in [0.3, 0.4) is 0 Å². The molecule has 7 heteroatoms. The number of urea groups is 1. The van der Waals surface area contributed by atoms with Gasteiger partial charge >= 0.3 is 6.03 Å². The minimum atomic E-state index is -0.518. The zero-order valence-electron chi connectivity index (χ0n) is 22.1. The second-order valence-corrected chi connectivity index (χ2v) is 9.19. The SMILES string of the molecule is CCCCCCCCCC(=O)NCCN(C(=O)Nc1ccccc1F)c1ccc(Oc2ccccc2)cc1. The highest BCUT2D eigenvalue weighted by Crippen LogP contribution is 2.25. The number of nitrogens with zero attached hydrogens (tertiary/aromatic N) is 1. The quantitative estimate of drug-likeness (QED) is 0.200. The van der Waals surface area contributed by atoms with Gasteiger partial charge < -0.3 is 15.4 Å². The molecule has 38 heavy (non-hydrogen) atoms. The normalized spacial score (nSPS) is 10.6. The molecule has 0 heterocycles. The Morgan fingerprint density at radius 1 is 0.789 bits per heavy atom. The van der Waals surface area contributed by atoms with Crippen LogP contribution in [0.25, 0.3) is 0 Å². The van der Waals surface area contributed by atoms with Crippen LogP contribution in [-0.4, -0.2) is 25.0 Å². The molecular formula is C31H38FN3O3. The van der Waals surface area contributed by atoms with E-state index in [1.165, 1.54) is 42.7 Å². The number of carbonyl (C=O) groups is 2. The molecule has 0 aliphatic heterocycles. The predicted octanol–water partition coefficient (Wildman–Crippen LogP) is 7.91. The van der Waals surface area contributed by atoms with Crippen molar-refractivity contribution in [2.24, 2.45) is 0 Å². The molecule has 0 saturated heterocycles. The van der Waals surface area contributed by atoms with Crippen LogP contribution >= 0.6 is 0 Å². The molecule has 0 saturated carbocycles. The summed E-state index contributed by atoms with van der Waals surface area (Å²) < 4.78 is 20.0. The number of amides is 3. The summed E-state index contributed by atoms with van der Waals surface area (Å²) in [6, 6.07) is 22.0. The first-order valence-electron chi connectivity index (χ1n) is 13.5. The van der Waals surface area contributed by atoms with E-state index in [0.717, 1.165) is 19.3 Å². The average molecular weight is 520 g/mol. The first-order chi connectivity index (χ1) is 18.6. The lowest BCUT2D eigenvalue weighted by molar-refractivity contribution is -0.121. The molecule has 3 aromatic carbocycles. The fraction of sp³-hybridized carbons (Fsp3) is 0.355. The summed E-state index contributed by atoms with van der Waals surface area (Å²) in [6.45, 7) is 2.70. The van der Waals surface area contributed by atoms with Gasteiger partial charge in [-0.15, -0.1) is 0 Å². The Morgan fingerprint density at radius 3 is 2.13 bits per heavy atom. The fourth-order valence-electron chi connectivity index (χ4n) is 4.05. The predicted molar refractivity (Wildman–Crippen MR) is 151 cm³/mol. The molecule has 0 unspecified atom stereocenters. The second-order valence-electron chi connectivity index (χ2n) is 9.19. The van der Waals surface area contributed by atoms with Crippen LogP contribution in [0.5, 0.6) is 11.5 Å². The van der Waals surface area contributed by atoms with Crippen molar-refractivity contribution in [3.63, 3.8) is 0 Å². The molecule has 0 fully saturated rings. The van der Waals surface area contributed by atoms with E-state index >= 15 is 0 Å². The third kappa shape index (κ3) is 9.88. The molecule has 6 nitrogen and oxygen atoms in total. The zero-order chi connectivity index (χ0) is 27.0.